The average molecular weight is 877 g/mol. The van der Waals surface area contributed by atoms with Gasteiger partial charge in [0.15, 0.2) is 5.71 Å². The first-order chi connectivity index (χ1) is 27.1. The molecular weight excluding hydrogens is 828 g/mol. The largest absolute Gasteiger partial charge is 1.00 e. The van der Waals surface area contributed by atoms with Gasteiger partial charge >= 0.3 is 57.4 Å². The molecule has 2 aromatic carbocycles. The van der Waals surface area contributed by atoms with Crippen molar-refractivity contribution in [3.63, 3.8) is 0 Å². The molecule has 0 bridgehead atoms. The van der Waals surface area contributed by atoms with E-state index in [1.165, 1.54) is 36.4 Å². The Kier molecular flexibility index (Phi) is 16.0. The molecule has 0 saturated heterocycles. The summed E-state index contributed by atoms with van der Waals surface area (Å²) in [6, 6.07) is 8.67. The van der Waals surface area contributed by atoms with Crippen LogP contribution in [0.15, 0.2) is 82.3 Å². The molecule has 0 unspecified atom stereocenters. The number of unbranched alkanes of at least 4 members (excludes halogenated alkanes) is 4. The van der Waals surface area contributed by atoms with E-state index in [4.69, 9.17) is 5.11 Å². The van der Waals surface area contributed by atoms with Crippen LogP contribution in [0.25, 0.3) is 0 Å². The van der Waals surface area contributed by atoms with Crippen molar-refractivity contribution >= 4 is 61.0 Å². The van der Waals surface area contributed by atoms with E-state index in [0.29, 0.717) is 62.7 Å². The van der Waals surface area contributed by atoms with E-state index in [2.05, 4.69) is 14.8 Å². The first-order valence-corrected chi connectivity index (χ1v) is 22.0. The van der Waals surface area contributed by atoms with Gasteiger partial charge in [-0.25, -0.2) is 16.8 Å². The van der Waals surface area contributed by atoms with Gasteiger partial charge in [0.1, 0.15) is 26.8 Å². The monoisotopic (exact) mass is 876 g/mol. The van der Waals surface area contributed by atoms with Gasteiger partial charge in [0.2, 0.25) is 11.6 Å². The summed E-state index contributed by atoms with van der Waals surface area (Å²) in [4.78, 5) is 49.5. The van der Waals surface area contributed by atoms with E-state index in [9.17, 15) is 45.1 Å². The average Bonchev–Trinajstić information content (AvgIpc) is 3.65. The third-order valence-electron chi connectivity index (χ3n) is 10.9. The molecule has 15 nitrogen and oxygen atoms in total. The number of carbonyl (C=O) groups is 4. The number of imide groups is 1. The number of anilines is 1. The van der Waals surface area contributed by atoms with Crippen LogP contribution in [-0.4, -0.2) is 96.1 Å². The van der Waals surface area contributed by atoms with Gasteiger partial charge in [0.05, 0.1) is 15.2 Å². The van der Waals surface area contributed by atoms with Gasteiger partial charge in [0, 0.05) is 85.6 Å². The second kappa shape index (κ2) is 19.6. The van der Waals surface area contributed by atoms with Gasteiger partial charge in [-0.3, -0.25) is 24.1 Å². The standard InChI is InChI=1S/C41H50N4O11S2.K/c1-40(2)30-26-28(57(51,52)53)16-18-32(30)43(23-9-5-7-14-36(46)42-22-25-45-37(47)20-21-38(45)48)34(40)12-11-13-35-41(3,4)31-27-29(58(54,55)56)17-19-33(31)44(35)24-10-6-8-15-39(49)50;/h11-13,16-21,26-27H,5-10,14-15,22-25H2,1-4H3,(H3-,42,46,49,50,51,52,53,54,55,56);/q;+1/p-1. The Labute approximate surface area is 388 Å². The van der Waals surface area contributed by atoms with E-state index in [-0.39, 0.29) is 93.0 Å². The SMILES string of the molecule is CC1(C)C(=CC=CC2=[N+](CCCCCC(=O)O)c3ccc(S(=O)(=O)[O-])cc3C2(C)C)N(CCCCCC(=O)NCCN2C(=O)C=CC2=O)c2ccc(S(=O)(=O)[O-])cc21.[K+]. The Morgan fingerprint density at radius 2 is 1.37 bits per heavy atom. The van der Waals surface area contributed by atoms with Gasteiger partial charge < -0.3 is 24.4 Å². The van der Waals surface area contributed by atoms with E-state index in [0.717, 1.165) is 27.7 Å². The fourth-order valence-corrected chi connectivity index (χ4v) is 8.83. The van der Waals surface area contributed by atoms with Gasteiger partial charge in [0.25, 0.3) is 11.8 Å². The van der Waals surface area contributed by atoms with Gasteiger partial charge in [-0.15, -0.1) is 0 Å². The Morgan fingerprint density at radius 1 is 0.780 bits per heavy atom. The third kappa shape index (κ3) is 11.3. The molecule has 2 N–H and O–H groups in total. The number of carboxylic acid groups (broad SMARTS) is 1. The molecule has 312 valence electrons. The Bertz CT molecular complexity index is 2330. The summed E-state index contributed by atoms with van der Waals surface area (Å²) in [7, 11) is -9.46. The Morgan fingerprint density at radius 3 is 2.00 bits per heavy atom. The molecular formula is C41H49KN4O11S2. The normalized spacial score (nSPS) is 17.6. The Hall–Kier alpha value is -3.33. The first-order valence-electron chi connectivity index (χ1n) is 19.2. The molecule has 0 aliphatic carbocycles. The van der Waals surface area contributed by atoms with Crippen LogP contribution < -0.4 is 61.6 Å². The molecule has 0 saturated carbocycles. The maximum Gasteiger partial charge on any atom is 1.00 e. The predicted molar refractivity (Wildman–Crippen MR) is 213 cm³/mol. The number of allylic oxidation sites excluding steroid dienone is 4. The molecule has 18 heteroatoms. The molecule has 2 aromatic rings. The molecule has 3 heterocycles. The predicted octanol–water partition coefficient (Wildman–Crippen LogP) is 1.36. The van der Waals surface area contributed by atoms with Crippen molar-refractivity contribution in [1.82, 2.24) is 10.2 Å². The molecule has 5 rings (SSSR count). The second-order valence-electron chi connectivity index (χ2n) is 15.6. The van der Waals surface area contributed by atoms with Crippen LogP contribution in [0.3, 0.4) is 0 Å². The van der Waals surface area contributed by atoms with Crippen LogP contribution in [0, 0.1) is 0 Å². The van der Waals surface area contributed by atoms with Crippen molar-refractivity contribution in [1.29, 1.82) is 0 Å². The van der Waals surface area contributed by atoms with E-state index in [1.54, 1.807) is 12.1 Å². The van der Waals surface area contributed by atoms with Gasteiger partial charge in [-0.1, -0.05) is 26.3 Å². The number of hydrogen-bond acceptors (Lipinski definition) is 11. The van der Waals surface area contributed by atoms with E-state index in [1.807, 2.05) is 45.9 Å². The minimum absolute atomic E-state index is 0. The molecule has 0 aromatic heterocycles. The van der Waals surface area contributed by atoms with Crippen molar-refractivity contribution in [2.24, 2.45) is 0 Å². The van der Waals surface area contributed by atoms with Crippen LogP contribution in [0.2, 0.25) is 0 Å². The number of aliphatic carboxylic acids is 1. The fourth-order valence-electron chi connectivity index (χ4n) is 7.83. The fraction of sp³-hybridized carbons (Fsp3) is 0.439. The van der Waals surface area contributed by atoms with E-state index < -0.39 is 48.8 Å². The Balaban J connectivity index is 0.00000769. The van der Waals surface area contributed by atoms with Crippen LogP contribution in [0.1, 0.15) is 90.2 Å². The maximum absolute atomic E-state index is 12.5. The number of fused-ring (bicyclic) bond motifs is 2. The number of rotatable bonds is 19. The molecule has 59 heavy (non-hydrogen) atoms. The summed E-state index contributed by atoms with van der Waals surface area (Å²) in [5, 5.41) is 11.8. The van der Waals surface area contributed by atoms with Crippen LogP contribution in [0.5, 0.6) is 0 Å². The zero-order valence-electron chi connectivity index (χ0n) is 34.0. The number of nitrogens with one attached hydrogen (secondary N) is 1. The van der Waals surface area contributed by atoms with Crippen LogP contribution >= 0.6 is 0 Å². The number of carboxylic acids is 1. The molecule has 0 radical (unpaired) electrons. The number of benzene rings is 2. The van der Waals surface area contributed by atoms with Crippen molar-refractivity contribution in [3.8, 4) is 0 Å². The van der Waals surface area contributed by atoms with Crippen molar-refractivity contribution in [3.05, 3.63) is 83.6 Å². The van der Waals surface area contributed by atoms with Crippen molar-refractivity contribution < 1.29 is 106 Å². The number of carbonyl (C=O) groups excluding carboxylic acids is 3. The number of amides is 3. The van der Waals surface area contributed by atoms with Gasteiger partial charge in [-0.2, -0.15) is 4.58 Å². The zero-order chi connectivity index (χ0) is 42.6. The minimum atomic E-state index is -4.73. The summed E-state index contributed by atoms with van der Waals surface area (Å²) in [6.45, 7) is 9.00. The van der Waals surface area contributed by atoms with Crippen LogP contribution in [0.4, 0.5) is 11.4 Å². The van der Waals surface area contributed by atoms with Crippen molar-refractivity contribution in [2.45, 2.75) is 99.7 Å². The van der Waals surface area contributed by atoms with Gasteiger partial charge in [-0.05, 0) is 81.5 Å². The summed E-state index contributed by atoms with van der Waals surface area (Å²) in [5.74, 6) is -1.90. The molecule has 3 aliphatic rings. The number of nitrogens with zero attached hydrogens (tertiary/aromatic N) is 3. The smallest absolute Gasteiger partial charge is 0.744 e. The molecule has 0 fully saturated rings. The quantitative estimate of drug-likeness (QED) is 0.0672. The van der Waals surface area contributed by atoms with Crippen LogP contribution in [-0.2, 0) is 50.2 Å². The van der Waals surface area contributed by atoms with E-state index >= 15 is 0 Å². The zero-order valence-corrected chi connectivity index (χ0v) is 38.8. The topological polar surface area (TPSA) is 224 Å². The second-order valence-corrected chi connectivity index (χ2v) is 18.4. The first kappa shape index (κ1) is 48.3. The summed E-state index contributed by atoms with van der Waals surface area (Å²) in [6.07, 6.45) is 12.1. The molecule has 0 atom stereocenters. The summed E-state index contributed by atoms with van der Waals surface area (Å²) in [5.41, 5.74) is 2.98. The molecule has 0 spiro atoms. The minimum Gasteiger partial charge on any atom is -0.744 e. The summed E-state index contributed by atoms with van der Waals surface area (Å²) >= 11 is 0. The van der Waals surface area contributed by atoms with Crippen molar-refractivity contribution in [2.75, 3.05) is 31.1 Å². The molecule has 3 aliphatic heterocycles. The third-order valence-corrected chi connectivity index (χ3v) is 12.6. The summed E-state index contributed by atoms with van der Waals surface area (Å²) < 4.78 is 74.1. The maximum atomic E-state index is 12.5. The number of hydrogen-bond donors (Lipinski definition) is 2. The molecule has 3 amide bonds.